The SMILES string of the molecule is COc1ccc(-c2cc(CN3CCNCC3C(=O)OC(C(F)(F)F)C(F)(F)F)no2)cc1. The minimum Gasteiger partial charge on any atom is -0.497 e. The number of nitrogens with zero attached hydrogens (tertiary/aromatic N) is 2. The second-order valence-electron chi connectivity index (χ2n) is 7.00. The van der Waals surface area contributed by atoms with Gasteiger partial charge in [-0.3, -0.25) is 9.69 Å². The van der Waals surface area contributed by atoms with Gasteiger partial charge >= 0.3 is 18.3 Å². The van der Waals surface area contributed by atoms with E-state index < -0.39 is 30.5 Å². The van der Waals surface area contributed by atoms with Gasteiger partial charge in [0.15, 0.2) is 5.76 Å². The Kier molecular flexibility index (Phi) is 6.98. The smallest absolute Gasteiger partial charge is 0.434 e. The van der Waals surface area contributed by atoms with Crippen LogP contribution in [0.2, 0.25) is 0 Å². The zero-order chi connectivity index (χ0) is 23.5. The number of rotatable bonds is 6. The lowest BCUT2D eigenvalue weighted by Crippen LogP contribution is -2.57. The van der Waals surface area contributed by atoms with Crippen molar-refractivity contribution in [1.29, 1.82) is 0 Å². The number of carbonyl (C=O) groups is 1. The minimum atomic E-state index is -5.78. The number of esters is 1. The number of aromatic nitrogens is 1. The summed E-state index contributed by atoms with van der Waals surface area (Å²) in [7, 11) is 1.52. The Morgan fingerprint density at radius 3 is 2.47 bits per heavy atom. The van der Waals surface area contributed by atoms with Crippen LogP contribution in [0.1, 0.15) is 5.69 Å². The Morgan fingerprint density at radius 1 is 1.22 bits per heavy atom. The fraction of sp³-hybridized carbons (Fsp3) is 0.474. The molecule has 3 rings (SSSR count). The van der Waals surface area contributed by atoms with Gasteiger partial charge in [0.05, 0.1) is 12.8 Å². The lowest BCUT2D eigenvalue weighted by molar-refractivity contribution is -0.314. The summed E-state index contributed by atoms with van der Waals surface area (Å²) < 4.78 is 90.7. The van der Waals surface area contributed by atoms with E-state index in [-0.39, 0.29) is 19.6 Å². The molecule has 1 unspecified atom stereocenters. The predicted molar refractivity (Wildman–Crippen MR) is 97.5 cm³/mol. The first kappa shape index (κ1) is 23.9. The van der Waals surface area contributed by atoms with Crippen LogP contribution in [0.3, 0.4) is 0 Å². The van der Waals surface area contributed by atoms with Crippen LogP contribution in [0.4, 0.5) is 26.3 Å². The van der Waals surface area contributed by atoms with Gasteiger partial charge in [0.2, 0.25) is 0 Å². The zero-order valence-corrected chi connectivity index (χ0v) is 16.7. The van der Waals surface area contributed by atoms with Gasteiger partial charge in [0.1, 0.15) is 11.8 Å². The van der Waals surface area contributed by atoms with Crippen molar-refractivity contribution in [3.63, 3.8) is 0 Å². The number of ether oxygens (including phenoxy) is 2. The summed E-state index contributed by atoms with van der Waals surface area (Å²) in [5.41, 5.74) is 1.03. The van der Waals surface area contributed by atoms with E-state index in [2.05, 4.69) is 15.2 Å². The highest BCUT2D eigenvalue weighted by Gasteiger charge is 2.60. The van der Waals surface area contributed by atoms with Gasteiger partial charge in [-0.05, 0) is 24.3 Å². The number of halogens is 6. The molecule has 2 aromatic rings. The van der Waals surface area contributed by atoms with E-state index in [0.717, 1.165) is 0 Å². The summed E-state index contributed by atoms with van der Waals surface area (Å²) >= 11 is 0. The maximum absolute atomic E-state index is 12.7. The highest BCUT2D eigenvalue weighted by atomic mass is 19.4. The van der Waals surface area contributed by atoms with Gasteiger partial charge < -0.3 is 19.3 Å². The highest BCUT2D eigenvalue weighted by molar-refractivity contribution is 5.76. The molecule has 1 atom stereocenters. The fourth-order valence-corrected chi connectivity index (χ4v) is 3.17. The number of benzene rings is 1. The molecule has 0 aliphatic carbocycles. The summed E-state index contributed by atoms with van der Waals surface area (Å²) in [5, 5.41) is 6.65. The standard InChI is InChI=1S/C19H19F6N3O4/c1-30-13-4-2-11(3-5-13)15-8-12(27-32-15)10-28-7-6-26-9-14(28)16(29)31-17(18(20,21)22)19(23,24)25/h2-5,8,14,17,26H,6-7,9-10H2,1H3. The third kappa shape index (κ3) is 5.71. The van der Waals surface area contributed by atoms with E-state index in [9.17, 15) is 31.1 Å². The van der Waals surface area contributed by atoms with Crippen LogP contribution in [0.5, 0.6) is 5.75 Å². The van der Waals surface area contributed by atoms with Gasteiger partial charge in [-0.2, -0.15) is 26.3 Å². The largest absolute Gasteiger partial charge is 0.497 e. The first-order valence-corrected chi connectivity index (χ1v) is 9.37. The molecular formula is C19H19F6N3O4. The van der Waals surface area contributed by atoms with Crippen LogP contribution in [-0.4, -0.2) is 67.3 Å². The quantitative estimate of drug-likeness (QED) is 0.517. The van der Waals surface area contributed by atoms with Crippen molar-refractivity contribution in [3.8, 4) is 17.1 Å². The molecule has 0 amide bonds. The lowest BCUT2D eigenvalue weighted by atomic mass is 10.1. The molecule has 176 valence electrons. The highest BCUT2D eigenvalue weighted by Crippen LogP contribution is 2.36. The van der Waals surface area contributed by atoms with Gasteiger partial charge in [-0.1, -0.05) is 5.16 Å². The predicted octanol–water partition coefficient (Wildman–Crippen LogP) is 3.16. The summed E-state index contributed by atoms with van der Waals surface area (Å²) in [6, 6.07) is 7.07. The molecule has 1 saturated heterocycles. The third-order valence-corrected chi connectivity index (χ3v) is 4.75. The van der Waals surface area contributed by atoms with Crippen molar-refractivity contribution >= 4 is 5.97 Å². The molecule has 7 nitrogen and oxygen atoms in total. The fourth-order valence-electron chi connectivity index (χ4n) is 3.17. The third-order valence-electron chi connectivity index (χ3n) is 4.75. The van der Waals surface area contributed by atoms with Crippen LogP contribution in [0, 0.1) is 0 Å². The number of alkyl halides is 6. The Morgan fingerprint density at radius 2 is 1.88 bits per heavy atom. The molecule has 1 aromatic heterocycles. The normalized spacial score (nSPS) is 18.1. The van der Waals surface area contributed by atoms with Gasteiger partial charge in [0.25, 0.3) is 6.10 Å². The van der Waals surface area contributed by atoms with Crippen LogP contribution < -0.4 is 10.1 Å². The Labute approximate surface area is 178 Å². The van der Waals surface area contributed by atoms with Crippen molar-refractivity contribution in [3.05, 3.63) is 36.0 Å². The Bertz CT molecular complexity index is 899. The molecule has 13 heteroatoms. The maximum atomic E-state index is 12.7. The number of methoxy groups -OCH3 is 1. The second kappa shape index (κ2) is 9.36. The summed E-state index contributed by atoms with van der Waals surface area (Å²) in [6.45, 7) is 0.330. The van der Waals surface area contributed by atoms with Crippen LogP contribution >= 0.6 is 0 Å². The number of hydrogen-bond acceptors (Lipinski definition) is 7. The summed E-state index contributed by atoms with van der Waals surface area (Å²) in [6.07, 6.45) is -15.7. The van der Waals surface area contributed by atoms with Crippen molar-refractivity contribution < 1.29 is 45.1 Å². The molecule has 0 spiro atoms. The topological polar surface area (TPSA) is 76.8 Å². The number of piperazine rings is 1. The molecule has 1 N–H and O–H groups in total. The van der Waals surface area contributed by atoms with E-state index >= 15 is 0 Å². The number of hydrogen-bond donors (Lipinski definition) is 1. The van der Waals surface area contributed by atoms with E-state index in [0.29, 0.717) is 29.3 Å². The molecule has 1 aliphatic rings. The van der Waals surface area contributed by atoms with E-state index in [1.807, 2.05) is 0 Å². The number of carbonyl (C=O) groups excluding carboxylic acids is 1. The molecule has 1 fully saturated rings. The van der Waals surface area contributed by atoms with Crippen molar-refractivity contribution in [2.75, 3.05) is 26.7 Å². The molecule has 1 aliphatic heterocycles. The van der Waals surface area contributed by atoms with Crippen molar-refractivity contribution in [2.45, 2.75) is 31.0 Å². The average molecular weight is 467 g/mol. The average Bonchev–Trinajstić information content (AvgIpc) is 3.19. The van der Waals surface area contributed by atoms with E-state index in [1.165, 1.54) is 12.0 Å². The maximum Gasteiger partial charge on any atom is 0.434 e. The molecule has 0 saturated carbocycles. The Hall–Kier alpha value is -2.80. The Balaban J connectivity index is 1.71. The van der Waals surface area contributed by atoms with Gasteiger partial charge in [-0.25, -0.2) is 0 Å². The minimum absolute atomic E-state index is 0.0379. The molecule has 0 bridgehead atoms. The first-order valence-electron chi connectivity index (χ1n) is 9.37. The number of nitrogens with one attached hydrogen (secondary N) is 1. The van der Waals surface area contributed by atoms with Crippen LogP contribution in [0.25, 0.3) is 11.3 Å². The first-order chi connectivity index (χ1) is 15.0. The van der Waals surface area contributed by atoms with Crippen molar-refractivity contribution in [2.24, 2.45) is 0 Å². The molecular weight excluding hydrogens is 448 g/mol. The summed E-state index contributed by atoms with van der Waals surface area (Å²) in [4.78, 5) is 13.6. The second-order valence-corrected chi connectivity index (χ2v) is 7.00. The molecule has 1 aromatic carbocycles. The van der Waals surface area contributed by atoms with Crippen molar-refractivity contribution in [1.82, 2.24) is 15.4 Å². The monoisotopic (exact) mass is 467 g/mol. The van der Waals surface area contributed by atoms with Gasteiger partial charge in [-0.15, -0.1) is 0 Å². The molecule has 0 radical (unpaired) electrons. The molecule has 32 heavy (non-hydrogen) atoms. The summed E-state index contributed by atoms with van der Waals surface area (Å²) in [5.74, 6) is -0.603. The van der Waals surface area contributed by atoms with Crippen LogP contribution in [-0.2, 0) is 16.1 Å². The van der Waals surface area contributed by atoms with E-state index in [1.54, 1.807) is 30.3 Å². The zero-order valence-electron chi connectivity index (χ0n) is 16.7. The van der Waals surface area contributed by atoms with Gasteiger partial charge in [0, 0.05) is 37.8 Å². The van der Waals surface area contributed by atoms with E-state index in [4.69, 9.17) is 9.26 Å². The molecule has 2 heterocycles. The lowest BCUT2D eigenvalue weighted by Gasteiger charge is -2.35. The van der Waals surface area contributed by atoms with Crippen LogP contribution in [0.15, 0.2) is 34.9 Å².